The van der Waals surface area contributed by atoms with Crippen LogP contribution in [-0.4, -0.2) is 11.4 Å². The molecule has 0 radical (unpaired) electrons. The Morgan fingerprint density at radius 3 is 2.57 bits per heavy atom. The fourth-order valence-corrected chi connectivity index (χ4v) is 1.48. The van der Waals surface area contributed by atoms with E-state index in [0.717, 1.165) is 18.8 Å². The van der Waals surface area contributed by atoms with E-state index >= 15 is 0 Å². The predicted molar refractivity (Wildman–Crippen MR) is 59.5 cm³/mol. The van der Waals surface area contributed by atoms with Gasteiger partial charge in [0.25, 0.3) is 0 Å². The van der Waals surface area contributed by atoms with Gasteiger partial charge in [0, 0.05) is 18.8 Å². The molecule has 1 aromatic rings. The second kappa shape index (κ2) is 4.01. The van der Waals surface area contributed by atoms with E-state index in [1.165, 1.54) is 5.56 Å². The molecule has 2 N–H and O–H groups in total. The molecule has 0 aromatic heterocycles. The highest BCUT2D eigenvalue weighted by molar-refractivity contribution is 5.39. The largest absolute Gasteiger partial charge is 0.399 e. The number of anilines is 1. The Labute approximate surface area is 84.3 Å². The lowest BCUT2D eigenvalue weighted by Gasteiger charge is -2.20. The summed E-state index contributed by atoms with van der Waals surface area (Å²) in [6.45, 7) is 1.93. The van der Waals surface area contributed by atoms with Gasteiger partial charge in [-0.1, -0.05) is 24.3 Å². The minimum Gasteiger partial charge on any atom is -0.399 e. The first kappa shape index (κ1) is 8.88. The van der Waals surface area contributed by atoms with E-state index in [4.69, 9.17) is 5.73 Å². The number of benzene rings is 1. The Balaban J connectivity index is 2.00. The van der Waals surface area contributed by atoms with Crippen molar-refractivity contribution in [3.05, 3.63) is 54.3 Å². The van der Waals surface area contributed by atoms with Gasteiger partial charge in [0.15, 0.2) is 0 Å². The van der Waals surface area contributed by atoms with Crippen LogP contribution in [0.5, 0.6) is 0 Å². The first-order valence-electron chi connectivity index (χ1n) is 4.76. The van der Waals surface area contributed by atoms with Crippen molar-refractivity contribution in [1.29, 1.82) is 0 Å². The molecule has 1 aliphatic rings. The Bertz CT molecular complexity index is 349. The summed E-state index contributed by atoms with van der Waals surface area (Å²) in [7, 11) is 0. The molecule has 0 fully saturated rings. The van der Waals surface area contributed by atoms with Crippen LogP contribution in [0.15, 0.2) is 48.7 Å². The average Bonchev–Trinajstić information content (AvgIpc) is 2.23. The summed E-state index contributed by atoms with van der Waals surface area (Å²) in [4.78, 5) is 2.26. The first-order chi connectivity index (χ1) is 6.84. The number of nitrogens with two attached hydrogens (primary N) is 1. The van der Waals surface area contributed by atoms with Crippen LogP contribution in [0.1, 0.15) is 5.56 Å². The SMILES string of the molecule is Nc1ccc(CN2C=CC=CC2)cc1. The fraction of sp³-hybridized carbons (Fsp3) is 0.167. The minimum absolute atomic E-state index is 0.822. The molecule has 0 aliphatic carbocycles. The highest BCUT2D eigenvalue weighted by atomic mass is 15.1. The number of nitrogens with zero attached hydrogens (tertiary/aromatic N) is 1. The van der Waals surface area contributed by atoms with E-state index in [0.29, 0.717) is 0 Å². The Hall–Kier alpha value is -1.70. The van der Waals surface area contributed by atoms with Crippen molar-refractivity contribution in [3.63, 3.8) is 0 Å². The lowest BCUT2D eigenvalue weighted by atomic mass is 10.2. The Morgan fingerprint density at radius 1 is 1.14 bits per heavy atom. The molecule has 14 heavy (non-hydrogen) atoms. The molecule has 1 heterocycles. The van der Waals surface area contributed by atoms with Crippen LogP contribution in [-0.2, 0) is 6.54 Å². The maximum absolute atomic E-state index is 5.62. The van der Waals surface area contributed by atoms with Crippen molar-refractivity contribution in [2.45, 2.75) is 6.54 Å². The first-order valence-corrected chi connectivity index (χ1v) is 4.76. The zero-order valence-electron chi connectivity index (χ0n) is 8.06. The summed E-state index contributed by atoms with van der Waals surface area (Å²) < 4.78 is 0. The molecular formula is C12H14N2. The monoisotopic (exact) mass is 186 g/mol. The molecule has 0 bridgehead atoms. The van der Waals surface area contributed by atoms with Gasteiger partial charge >= 0.3 is 0 Å². The third-order valence-electron chi connectivity index (χ3n) is 2.25. The van der Waals surface area contributed by atoms with Gasteiger partial charge in [0.2, 0.25) is 0 Å². The third kappa shape index (κ3) is 2.16. The van der Waals surface area contributed by atoms with Gasteiger partial charge in [0.1, 0.15) is 0 Å². The van der Waals surface area contributed by atoms with Crippen LogP contribution in [0.25, 0.3) is 0 Å². The van der Waals surface area contributed by atoms with Gasteiger partial charge in [0.05, 0.1) is 0 Å². The Morgan fingerprint density at radius 2 is 1.93 bits per heavy atom. The van der Waals surface area contributed by atoms with Gasteiger partial charge < -0.3 is 10.6 Å². The lowest BCUT2D eigenvalue weighted by molar-refractivity contribution is 0.405. The van der Waals surface area contributed by atoms with E-state index in [1.807, 2.05) is 12.1 Å². The van der Waals surface area contributed by atoms with Crippen LogP contribution in [0.3, 0.4) is 0 Å². The van der Waals surface area contributed by atoms with Gasteiger partial charge in [-0.3, -0.25) is 0 Å². The van der Waals surface area contributed by atoms with E-state index < -0.39 is 0 Å². The molecule has 1 aliphatic heterocycles. The Kier molecular flexibility index (Phi) is 2.54. The van der Waals surface area contributed by atoms with Crippen LogP contribution in [0, 0.1) is 0 Å². The predicted octanol–water partition coefficient (Wildman–Crippen LogP) is 2.15. The van der Waals surface area contributed by atoms with Crippen molar-refractivity contribution in [2.75, 3.05) is 12.3 Å². The summed E-state index contributed by atoms with van der Waals surface area (Å²) in [5, 5.41) is 0. The van der Waals surface area contributed by atoms with E-state index in [2.05, 4.69) is 41.5 Å². The second-order valence-corrected chi connectivity index (χ2v) is 3.44. The van der Waals surface area contributed by atoms with Crippen molar-refractivity contribution < 1.29 is 0 Å². The number of nitrogen functional groups attached to an aromatic ring is 1. The minimum atomic E-state index is 0.822. The fourth-order valence-electron chi connectivity index (χ4n) is 1.48. The molecule has 0 amide bonds. The maximum Gasteiger partial charge on any atom is 0.0427 e. The van der Waals surface area contributed by atoms with Gasteiger partial charge in [-0.05, 0) is 30.0 Å². The summed E-state index contributed by atoms with van der Waals surface area (Å²) in [5.41, 5.74) is 7.73. The summed E-state index contributed by atoms with van der Waals surface area (Å²) >= 11 is 0. The molecule has 0 spiro atoms. The summed E-state index contributed by atoms with van der Waals surface area (Å²) in [6.07, 6.45) is 8.38. The second-order valence-electron chi connectivity index (χ2n) is 3.44. The standard InChI is InChI=1S/C12H14N2/c13-12-6-4-11(5-7-12)10-14-8-2-1-3-9-14/h1-8H,9-10,13H2. The topological polar surface area (TPSA) is 29.3 Å². The number of allylic oxidation sites excluding steroid dienone is 2. The average molecular weight is 186 g/mol. The lowest BCUT2D eigenvalue weighted by Crippen LogP contribution is -2.17. The van der Waals surface area contributed by atoms with Crippen molar-refractivity contribution >= 4 is 5.69 Å². The van der Waals surface area contributed by atoms with Crippen LogP contribution in [0.2, 0.25) is 0 Å². The molecule has 0 saturated heterocycles. The maximum atomic E-state index is 5.62. The van der Waals surface area contributed by atoms with E-state index in [1.54, 1.807) is 0 Å². The van der Waals surface area contributed by atoms with Crippen LogP contribution >= 0.6 is 0 Å². The van der Waals surface area contributed by atoms with Gasteiger partial charge in [-0.2, -0.15) is 0 Å². The highest BCUT2D eigenvalue weighted by Gasteiger charge is 2.00. The van der Waals surface area contributed by atoms with Crippen LogP contribution in [0.4, 0.5) is 5.69 Å². The molecule has 0 atom stereocenters. The molecule has 72 valence electrons. The molecule has 2 heteroatoms. The van der Waals surface area contributed by atoms with Gasteiger partial charge in [-0.25, -0.2) is 0 Å². The molecule has 2 nitrogen and oxygen atoms in total. The molecule has 0 saturated carbocycles. The third-order valence-corrected chi connectivity index (χ3v) is 2.25. The van der Waals surface area contributed by atoms with Crippen molar-refractivity contribution in [2.24, 2.45) is 0 Å². The van der Waals surface area contributed by atoms with Crippen molar-refractivity contribution in [1.82, 2.24) is 4.90 Å². The van der Waals surface area contributed by atoms with E-state index in [9.17, 15) is 0 Å². The zero-order chi connectivity index (χ0) is 9.80. The highest BCUT2D eigenvalue weighted by Crippen LogP contribution is 2.10. The molecular weight excluding hydrogens is 172 g/mol. The summed E-state index contributed by atoms with van der Waals surface area (Å²) in [6, 6.07) is 8.03. The van der Waals surface area contributed by atoms with Gasteiger partial charge in [-0.15, -0.1) is 0 Å². The number of hydrogen-bond acceptors (Lipinski definition) is 2. The summed E-state index contributed by atoms with van der Waals surface area (Å²) in [5.74, 6) is 0. The quantitative estimate of drug-likeness (QED) is 0.717. The number of rotatable bonds is 2. The smallest absolute Gasteiger partial charge is 0.0427 e. The van der Waals surface area contributed by atoms with Crippen LogP contribution < -0.4 is 5.73 Å². The molecule has 0 unspecified atom stereocenters. The van der Waals surface area contributed by atoms with Crippen molar-refractivity contribution in [3.8, 4) is 0 Å². The normalized spacial score (nSPS) is 14.7. The van der Waals surface area contributed by atoms with E-state index in [-0.39, 0.29) is 0 Å². The molecule has 1 aromatic carbocycles. The molecule has 2 rings (SSSR count). The number of hydrogen-bond donors (Lipinski definition) is 1. The zero-order valence-corrected chi connectivity index (χ0v) is 8.06.